The molecular weight excluding hydrogens is 338 g/mol. The summed E-state index contributed by atoms with van der Waals surface area (Å²) in [4.78, 5) is 21.3. The van der Waals surface area contributed by atoms with E-state index in [9.17, 15) is 4.79 Å². The van der Waals surface area contributed by atoms with E-state index in [4.69, 9.17) is 4.74 Å². The molecule has 4 rings (SSSR count). The average Bonchev–Trinajstić information content (AvgIpc) is 2.89. The van der Waals surface area contributed by atoms with Crippen LogP contribution in [0.2, 0.25) is 0 Å². The van der Waals surface area contributed by atoms with Gasteiger partial charge >= 0.3 is 0 Å². The standard InChI is InChI=1S/C22H27N3O2/c1-18-7-5-12-23-20(18)15-24-13-6-10-22(11-14-24)17-25(21(26)16-27-22)19-8-3-2-4-9-19/h2-5,7-9,12H,6,10-11,13-17H2,1H3. The molecule has 2 saturated heterocycles. The van der Waals surface area contributed by atoms with E-state index in [2.05, 4.69) is 22.9 Å². The fourth-order valence-electron chi connectivity index (χ4n) is 4.14. The van der Waals surface area contributed by atoms with Crippen LogP contribution in [0.25, 0.3) is 0 Å². The number of rotatable bonds is 3. The third kappa shape index (κ3) is 4.04. The molecular formula is C22H27N3O2. The molecule has 5 heteroatoms. The number of carbonyl (C=O) groups excluding carboxylic acids is 1. The molecule has 1 aromatic heterocycles. The fraction of sp³-hybridized carbons (Fsp3) is 0.455. The summed E-state index contributed by atoms with van der Waals surface area (Å²) in [5, 5.41) is 0. The highest BCUT2D eigenvalue weighted by molar-refractivity contribution is 5.95. The van der Waals surface area contributed by atoms with E-state index < -0.39 is 0 Å². The first kappa shape index (κ1) is 18.1. The number of nitrogens with zero attached hydrogens (tertiary/aromatic N) is 3. The van der Waals surface area contributed by atoms with E-state index in [-0.39, 0.29) is 18.1 Å². The predicted octanol–water partition coefficient (Wildman–Crippen LogP) is 3.18. The molecule has 2 aromatic rings. The van der Waals surface area contributed by atoms with Gasteiger partial charge in [-0.25, -0.2) is 0 Å². The fourth-order valence-corrected chi connectivity index (χ4v) is 4.14. The quantitative estimate of drug-likeness (QED) is 0.838. The summed E-state index contributed by atoms with van der Waals surface area (Å²) in [6, 6.07) is 14.1. The zero-order valence-corrected chi connectivity index (χ0v) is 15.9. The van der Waals surface area contributed by atoms with E-state index in [0.29, 0.717) is 6.54 Å². The van der Waals surface area contributed by atoms with Crippen molar-refractivity contribution in [3.8, 4) is 0 Å². The smallest absolute Gasteiger partial charge is 0.253 e. The lowest BCUT2D eigenvalue weighted by molar-refractivity contribution is -0.140. The second-order valence-electron chi connectivity index (χ2n) is 7.68. The summed E-state index contributed by atoms with van der Waals surface area (Å²) < 4.78 is 6.14. The Morgan fingerprint density at radius 1 is 1.11 bits per heavy atom. The van der Waals surface area contributed by atoms with Crippen molar-refractivity contribution in [1.29, 1.82) is 0 Å². The number of aryl methyl sites for hydroxylation is 1. The van der Waals surface area contributed by atoms with Gasteiger partial charge < -0.3 is 9.64 Å². The Balaban J connectivity index is 1.45. The van der Waals surface area contributed by atoms with Crippen molar-refractivity contribution in [2.45, 2.75) is 38.3 Å². The lowest BCUT2D eigenvalue weighted by atomic mass is 9.92. The molecule has 0 saturated carbocycles. The molecule has 1 atom stereocenters. The van der Waals surface area contributed by atoms with Gasteiger partial charge in [0.1, 0.15) is 6.61 Å². The molecule has 3 heterocycles. The van der Waals surface area contributed by atoms with Gasteiger partial charge in [-0.3, -0.25) is 14.7 Å². The molecule has 0 N–H and O–H groups in total. The van der Waals surface area contributed by atoms with E-state index >= 15 is 0 Å². The molecule has 2 aliphatic rings. The molecule has 2 fully saturated rings. The van der Waals surface area contributed by atoms with E-state index in [0.717, 1.165) is 50.3 Å². The van der Waals surface area contributed by atoms with Crippen molar-refractivity contribution in [1.82, 2.24) is 9.88 Å². The highest BCUT2D eigenvalue weighted by atomic mass is 16.5. The Labute approximate surface area is 161 Å². The zero-order chi connectivity index (χ0) is 18.7. The Morgan fingerprint density at radius 2 is 1.96 bits per heavy atom. The minimum atomic E-state index is -0.238. The Morgan fingerprint density at radius 3 is 2.78 bits per heavy atom. The van der Waals surface area contributed by atoms with Gasteiger partial charge in [-0.1, -0.05) is 24.3 Å². The maximum Gasteiger partial charge on any atom is 0.253 e. The van der Waals surface area contributed by atoms with Crippen LogP contribution in [0.1, 0.15) is 30.5 Å². The zero-order valence-electron chi connectivity index (χ0n) is 15.9. The van der Waals surface area contributed by atoms with E-state index in [1.807, 2.05) is 47.5 Å². The number of pyridine rings is 1. The second-order valence-corrected chi connectivity index (χ2v) is 7.68. The van der Waals surface area contributed by atoms with Crippen molar-refractivity contribution in [3.63, 3.8) is 0 Å². The van der Waals surface area contributed by atoms with Crippen molar-refractivity contribution < 1.29 is 9.53 Å². The number of anilines is 1. The van der Waals surface area contributed by atoms with Crippen LogP contribution in [0.4, 0.5) is 5.69 Å². The molecule has 2 aliphatic heterocycles. The topological polar surface area (TPSA) is 45.7 Å². The van der Waals surface area contributed by atoms with Crippen molar-refractivity contribution in [3.05, 3.63) is 59.9 Å². The summed E-state index contributed by atoms with van der Waals surface area (Å²) in [5.74, 6) is 0.0528. The number of benzene rings is 1. The monoisotopic (exact) mass is 365 g/mol. The minimum absolute atomic E-state index is 0.0528. The molecule has 1 spiro atoms. The molecule has 1 unspecified atom stereocenters. The molecule has 27 heavy (non-hydrogen) atoms. The normalized spacial score (nSPS) is 24.2. The van der Waals surface area contributed by atoms with E-state index in [1.54, 1.807) is 0 Å². The highest BCUT2D eigenvalue weighted by Crippen LogP contribution is 2.33. The van der Waals surface area contributed by atoms with Crippen LogP contribution in [0.5, 0.6) is 0 Å². The molecule has 1 aromatic carbocycles. The Kier molecular flexibility index (Phi) is 5.23. The molecule has 0 bridgehead atoms. The van der Waals surface area contributed by atoms with Crippen LogP contribution in [-0.2, 0) is 16.1 Å². The van der Waals surface area contributed by atoms with Gasteiger partial charge in [-0.05, 0) is 56.5 Å². The predicted molar refractivity (Wildman–Crippen MR) is 106 cm³/mol. The van der Waals surface area contributed by atoms with Crippen LogP contribution in [0, 0.1) is 6.92 Å². The molecule has 5 nitrogen and oxygen atoms in total. The molecule has 1 amide bonds. The Bertz CT molecular complexity index is 795. The SMILES string of the molecule is Cc1cccnc1CN1CCCC2(CC1)CN(c1ccccc1)C(=O)CO2. The lowest BCUT2D eigenvalue weighted by Gasteiger charge is -2.42. The first-order valence-corrected chi connectivity index (χ1v) is 9.77. The number of carbonyl (C=O) groups is 1. The summed E-state index contributed by atoms with van der Waals surface area (Å²) in [5.41, 5.74) is 3.12. The summed E-state index contributed by atoms with van der Waals surface area (Å²) in [7, 11) is 0. The maximum atomic E-state index is 12.4. The van der Waals surface area contributed by atoms with Crippen LogP contribution in [0.3, 0.4) is 0 Å². The van der Waals surface area contributed by atoms with Crippen LogP contribution >= 0.6 is 0 Å². The summed E-state index contributed by atoms with van der Waals surface area (Å²) in [6.45, 7) is 5.83. The number of para-hydroxylation sites is 1. The number of morpholine rings is 1. The average molecular weight is 365 g/mol. The van der Waals surface area contributed by atoms with Crippen LogP contribution in [0.15, 0.2) is 48.7 Å². The summed E-state index contributed by atoms with van der Waals surface area (Å²) in [6.07, 6.45) is 4.87. The van der Waals surface area contributed by atoms with Gasteiger partial charge in [0.2, 0.25) is 0 Å². The van der Waals surface area contributed by atoms with Gasteiger partial charge in [0.15, 0.2) is 0 Å². The number of aromatic nitrogens is 1. The first-order valence-electron chi connectivity index (χ1n) is 9.77. The number of ether oxygens (including phenoxy) is 1. The van der Waals surface area contributed by atoms with Crippen LogP contribution < -0.4 is 4.90 Å². The molecule has 142 valence electrons. The molecule has 0 aliphatic carbocycles. The second kappa shape index (κ2) is 7.79. The molecule has 0 radical (unpaired) electrons. The summed E-state index contributed by atoms with van der Waals surface area (Å²) >= 11 is 0. The van der Waals surface area contributed by atoms with Crippen molar-refractivity contribution >= 4 is 11.6 Å². The van der Waals surface area contributed by atoms with Gasteiger partial charge in [-0.2, -0.15) is 0 Å². The van der Waals surface area contributed by atoms with Gasteiger partial charge in [0, 0.05) is 25.0 Å². The van der Waals surface area contributed by atoms with E-state index in [1.165, 1.54) is 5.56 Å². The minimum Gasteiger partial charge on any atom is -0.363 e. The first-order chi connectivity index (χ1) is 13.2. The third-order valence-corrected chi connectivity index (χ3v) is 5.80. The van der Waals surface area contributed by atoms with Gasteiger partial charge in [0.05, 0.1) is 17.8 Å². The maximum absolute atomic E-state index is 12.4. The number of hydrogen-bond donors (Lipinski definition) is 0. The number of likely N-dealkylation sites (tertiary alicyclic amines) is 1. The number of amides is 1. The van der Waals surface area contributed by atoms with Crippen molar-refractivity contribution in [2.75, 3.05) is 31.1 Å². The number of hydrogen-bond acceptors (Lipinski definition) is 4. The third-order valence-electron chi connectivity index (χ3n) is 5.80. The van der Waals surface area contributed by atoms with Crippen molar-refractivity contribution in [2.24, 2.45) is 0 Å². The largest absolute Gasteiger partial charge is 0.363 e. The van der Waals surface area contributed by atoms with Crippen LogP contribution in [-0.4, -0.2) is 47.6 Å². The lowest BCUT2D eigenvalue weighted by Crippen LogP contribution is -2.55. The highest BCUT2D eigenvalue weighted by Gasteiger charge is 2.41. The van der Waals surface area contributed by atoms with Gasteiger partial charge in [0.25, 0.3) is 5.91 Å². The van der Waals surface area contributed by atoms with Gasteiger partial charge in [-0.15, -0.1) is 0 Å². The Hall–Kier alpha value is -2.24.